The van der Waals surface area contributed by atoms with E-state index in [2.05, 4.69) is 23.7 Å². The Hall–Kier alpha value is -0.940. The summed E-state index contributed by atoms with van der Waals surface area (Å²) in [6.45, 7) is 6.85. The lowest BCUT2D eigenvalue weighted by atomic mass is 10.1. The molecule has 0 amide bonds. The minimum Gasteiger partial charge on any atom is -0.481 e. The van der Waals surface area contributed by atoms with E-state index in [4.69, 9.17) is 5.11 Å². The summed E-state index contributed by atoms with van der Waals surface area (Å²) in [6, 6.07) is 0.632. The molecule has 4 nitrogen and oxygen atoms in total. The molecule has 1 aliphatic heterocycles. The van der Waals surface area contributed by atoms with Crippen molar-refractivity contribution in [3.8, 4) is 0 Å². The fourth-order valence-corrected chi connectivity index (χ4v) is 3.48. The van der Waals surface area contributed by atoms with Gasteiger partial charge < -0.3 is 10.0 Å². The summed E-state index contributed by atoms with van der Waals surface area (Å²) in [5.74, 6) is -0.0428. The first-order valence-electron chi connectivity index (χ1n) is 6.93. The molecule has 2 heterocycles. The zero-order valence-corrected chi connectivity index (χ0v) is 12.4. The first-order valence-corrected chi connectivity index (χ1v) is 7.81. The molecule has 0 bridgehead atoms. The van der Waals surface area contributed by atoms with Crippen LogP contribution in [0.5, 0.6) is 0 Å². The molecule has 1 aromatic heterocycles. The van der Waals surface area contributed by atoms with Gasteiger partial charge in [-0.3, -0.25) is 4.79 Å². The molecule has 0 spiro atoms. The summed E-state index contributed by atoms with van der Waals surface area (Å²) in [4.78, 5) is 17.6. The van der Waals surface area contributed by atoms with Gasteiger partial charge in [0, 0.05) is 30.8 Å². The van der Waals surface area contributed by atoms with Crippen molar-refractivity contribution in [3.63, 3.8) is 0 Å². The van der Waals surface area contributed by atoms with E-state index in [9.17, 15) is 4.79 Å². The summed E-state index contributed by atoms with van der Waals surface area (Å²) < 4.78 is 0. The van der Waals surface area contributed by atoms with Gasteiger partial charge in [-0.05, 0) is 32.7 Å². The Morgan fingerprint density at radius 3 is 3.05 bits per heavy atom. The number of carboxylic acid groups (broad SMARTS) is 1. The maximum absolute atomic E-state index is 10.5. The molecule has 1 aliphatic rings. The topological polar surface area (TPSA) is 53.4 Å². The molecule has 0 aromatic carbocycles. The van der Waals surface area contributed by atoms with E-state index in [0.717, 1.165) is 17.1 Å². The van der Waals surface area contributed by atoms with E-state index >= 15 is 0 Å². The predicted molar refractivity (Wildman–Crippen MR) is 76.6 cm³/mol. The van der Waals surface area contributed by atoms with E-state index in [0.29, 0.717) is 18.4 Å². The average Bonchev–Trinajstić information content (AvgIpc) is 2.96. The van der Waals surface area contributed by atoms with Crippen LogP contribution in [-0.2, 0) is 17.6 Å². The Kier molecular flexibility index (Phi) is 4.93. The molecule has 1 aromatic rings. The van der Waals surface area contributed by atoms with Crippen molar-refractivity contribution in [3.05, 3.63) is 16.1 Å². The predicted octanol–water partition coefficient (Wildman–Crippen LogP) is 2.43. The Labute approximate surface area is 118 Å². The third kappa shape index (κ3) is 4.28. The number of thiazole rings is 1. The number of aromatic nitrogens is 1. The smallest absolute Gasteiger partial charge is 0.303 e. The molecule has 1 saturated heterocycles. The van der Waals surface area contributed by atoms with Crippen molar-refractivity contribution in [2.75, 3.05) is 13.1 Å². The molecule has 1 atom stereocenters. The zero-order chi connectivity index (χ0) is 13.8. The second kappa shape index (κ2) is 6.48. The number of carboxylic acids is 1. The molecule has 19 heavy (non-hydrogen) atoms. The molecule has 1 N–H and O–H groups in total. The number of hydrogen-bond donors (Lipinski definition) is 1. The minimum atomic E-state index is -0.752. The van der Waals surface area contributed by atoms with Gasteiger partial charge in [0.1, 0.15) is 0 Å². The zero-order valence-electron chi connectivity index (χ0n) is 11.6. The van der Waals surface area contributed by atoms with Crippen LogP contribution < -0.4 is 0 Å². The molecule has 1 unspecified atom stereocenters. The van der Waals surface area contributed by atoms with Crippen LogP contribution in [0.15, 0.2) is 5.38 Å². The highest BCUT2D eigenvalue weighted by Gasteiger charge is 2.25. The largest absolute Gasteiger partial charge is 0.481 e. The van der Waals surface area contributed by atoms with Crippen molar-refractivity contribution in [2.45, 2.75) is 45.6 Å². The van der Waals surface area contributed by atoms with Gasteiger partial charge >= 0.3 is 5.97 Å². The molecule has 2 rings (SSSR count). The third-order valence-corrected chi connectivity index (χ3v) is 4.63. The number of carbonyl (C=O) groups is 1. The maximum atomic E-state index is 10.5. The van der Waals surface area contributed by atoms with Crippen LogP contribution in [0, 0.1) is 5.92 Å². The number of nitrogens with zero attached hydrogens (tertiary/aromatic N) is 2. The van der Waals surface area contributed by atoms with E-state index < -0.39 is 5.97 Å². The molecule has 0 aliphatic carbocycles. The van der Waals surface area contributed by atoms with Gasteiger partial charge in [-0.25, -0.2) is 4.98 Å². The molecule has 5 heteroatoms. The SMILES string of the molecule is CC(C)N1CCC(Cc2nc(CCC(=O)O)cs2)C1. The van der Waals surface area contributed by atoms with E-state index in [1.54, 1.807) is 11.3 Å². The lowest BCUT2D eigenvalue weighted by Gasteiger charge is -2.19. The molecule has 0 radical (unpaired) electrons. The van der Waals surface area contributed by atoms with Gasteiger partial charge in [0.25, 0.3) is 0 Å². The van der Waals surface area contributed by atoms with Crippen LogP contribution in [0.4, 0.5) is 0 Å². The maximum Gasteiger partial charge on any atom is 0.303 e. The van der Waals surface area contributed by atoms with Crippen molar-refractivity contribution < 1.29 is 9.90 Å². The summed E-state index contributed by atoms with van der Waals surface area (Å²) in [5, 5.41) is 11.8. The van der Waals surface area contributed by atoms with Gasteiger partial charge in [-0.1, -0.05) is 0 Å². The average molecular weight is 282 g/mol. The monoisotopic (exact) mass is 282 g/mol. The Balaban J connectivity index is 1.82. The van der Waals surface area contributed by atoms with Crippen LogP contribution in [0.2, 0.25) is 0 Å². The van der Waals surface area contributed by atoms with E-state index in [-0.39, 0.29) is 6.42 Å². The van der Waals surface area contributed by atoms with Crippen LogP contribution in [0.1, 0.15) is 37.4 Å². The Morgan fingerprint density at radius 2 is 2.42 bits per heavy atom. The number of hydrogen-bond acceptors (Lipinski definition) is 4. The highest BCUT2D eigenvalue weighted by atomic mass is 32.1. The van der Waals surface area contributed by atoms with Crippen molar-refractivity contribution in [1.29, 1.82) is 0 Å². The number of likely N-dealkylation sites (tertiary alicyclic amines) is 1. The second-order valence-corrected chi connectivity index (χ2v) is 6.52. The van der Waals surface area contributed by atoms with E-state index in [1.165, 1.54) is 19.5 Å². The Bertz CT molecular complexity index is 431. The van der Waals surface area contributed by atoms with Crippen molar-refractivity contribution in [2.24, 2.45) is 5.92 Å². The van der Waals surface area contributed by atoms with Crippen LogP contribution >= 0.6 is 11.3 Å². The summed E-state index contributed by atoms with van der Waals surface area (Å²) in [5.41, 5.74) is 0.932. The van der Waals surface area contributed by atoms with Crippen molar-refractivity contribution >= 4 is 17.3 Å². The molecule has 1 fully saturated rings. The molecule has 0 saturated carbocycles. The lowest BCUT2D eigenvalue weighted by molar-refractivity contribution is -0.136. The number of rotatable bonds is 6. The summed E-state index contributed by atoms with van der Waals surface area (Å²) in [6.07, 6.45) is 3.02. The Morgan fingerprint density at radius 1 is 1.63 bits per heavy atom. The van der Waals surface area contributed by atoms with Gasteiger partial charge in [0.2, 0.25) is 0 Å². The van der Waals surface area contributed by atoms with Crippen LogP contribution in [0.25, 0.3) is 0 Å². The van der Waals surface area contributed by atoms with Gasteiger partial charge in [-0.15, -0.1) is 11.3 Å². The number of aliphatic carboxylic acids is 1. The highest BCUT2D eigenvalue weighted by Crippen LogP contribution is 2.24. The number of aryl methyl sites for hydroxylation is 1. The highest BCUT2D eigenvalue weighted by molar-refractivity contribution is 7.09. The lowest BCUT2D eigenvalue weighted by Crippen LogP contribution is -2.28. The van der Waals surface area contributed by atoms with Crippen molar-refractivity contribution in [1.82, 2.24) is 9.88 Å². The van der Waals surface area contributed by atoms with E-state index in [1.807, 2.05) is 5.38 Å². The second-order valence-electron chi connectivity index (χ2n) is 5.57. The quantitative estimate of drug-likeness (QED) is 0.870. The summed E-state index contributed by atoms with van der Waals surface area (Å²) >= 11 is 1.68. The van der Waals surface area contributed by atoms with Crippen LogP contribution in [-0.4, -0.2) is 40.1 Å². The molecule has 106 valence electrons. The first kappa shape index (κ1) is 14.5. The molecular formula is C14H22N2O2S. The van der Waals surface area contributed by atoms with Crippen LogP contribution in [0.3, 0.4) is 0 Å². The third-order valence-electron chi connectivity index (χ3n) is 3.71. The minimum absolute atomic E-state index is 0.174. The van der Waals surface area contributed by atoms with Gasteiger partial charge in [-0.2, -0.15) is 0 Å². The fourth-order valence-electron chi connectivity index (χ4n) is 2.54. The van der Waals surface area contributed by atoms with Gasteiger partial charge in [0.15, 0.2) is 0 Å². The first-order chi connectivity index (χ1) is 9.04. The fraction of sp³-hybridized carbons (Fsp3) is 0.714. The normalized spacial score (nSPS) is 20.3. The molecular weight excluding hydrogens is 260 g/mol. The standard InChI is InChI=1S/C14H22N2O2S/c1-10(2)16-6-5-11(8-16)7-13-15-12(9-19-13)3-4-14(17)18/h9-11H,3-8H2,1-2H3,(H,17,18). The summed E-state index contributed by atoms with van der Waals surface area (Å²) in [7, 11) is 0. The van der Waals surface area contributed by atoms with Gasteiger partial charge in [0.05, 0.1) is 17.1 Å².